The summed E-state index contributed by atoms with van der Waals surface area (Å²) in [6.07, 6.45) is 0. The average Bonchev–Trinajstić information content (AvgIpc) is 3.30. The lowest BCUT2D eigenvalue weighted by Gasteiger charge is -2.31. The molecule has 0 saturated carbocycles. The molecule has 2 heterocycles. The number of nitrogens with zero attached hydrogens (tertiary/aromatic N) is 1. The minimum Gasteiger partial charge on any atom is -0.457 e. The maximum atomic E-state index is 12.2. The number of carbonyl (C=O) groups excluding carboxylic acids is 1. The summed E-state index contributed by atoms with van der Waals surface area (Å²) in [5, 5.41) is 0. The van der Waals surface area contributed by atoms with Gasteiger partial charge in [0.25, 0.3) is 0 Å². The lowest BCUT2D eigenvalue weighted by Crippen LogP contribution is -2.13. The molecule has 5 aromatic carbocycles. The van der Waals surface area contributed by atoms with Crippen LogP contribution in [0.15, 0.2) is 125 Å². The number of esters is 1. The van der Waals surface area contributed by atoms with Gasteiger partial charge >= 0.3 is 5.97 Å². The Morgan fingerprint density at radius 3 is 1.72 bits per heavy atom. The van der Waals surface area contributed by atoms with E-state index in [9.17, 15) is 4.79 Å². The highest BCUT2D eigenvalue weighted by Crippen LogP contribution is 2.50. The van der Waals surface area contributed by atoms with Crippen LogP contribution in [0.2, 0.25) is 0 Å². The molecule has 7 rings (SSSR count). The predicted octanol–water partition coefficient (Wildman–Crippen LogP) is 8.63. The largest absolute Gasteiger partial charge is 0.457 e. The summed E-state index contributed by atoms with van der Waals surface area (Å²) in [4.78, 5) is 16.9. The van der Waals surface area contributed by atoms with E-state index in [-0.39, 0.29) is 5.97 Å². The molecule has 0 spiro atoms. The minimum absolute atomic E-state index is 0.252. The van der Waals surface area contributed by atoms with E-state index in [0.717, 1.165) is 33.8 Å². The molecule has 2 aliphatic rings. The Hall–Kier alpha value is -4.28. The molecule has 0 atom stereocenters. The van der Waals surface area contributed by atoms with Crippen molar-refractivity contribution in [3.63, 3.8) is 0 Å². The summed E-state index contributed by atoms with van der Waals surface area (Å²) < 4.78 is 5.32. The molecular weight excluding hydrogens is 462 g/mol. The number of hydrogen-bond donors (Lipinski definition) is 0. The lowest BCUT2D eigenvalue weighted by molar-refractivity contribution is 0.0535. The van der Waals surface area contributed by atoms with Gasteiger partial charge in [-0.25, -0.2) is 4.79 Å². The van der Waals surface area contributed by atoms with Gasteiger partial charge in [-0.1, -0.05) is 84.6 Å². The summed E-state index contributed by atoms with van der Waals surface area (Å²) in [6, 6.07) is 40.3. The fourth-order valence-corrected chi connectivity index (χ4v) is 6.24. The van der Waals surface area contributed by atoms with Gasteiger partial charge in [0.15, 0.2) is 0 Å². The molecule has 0 aromatic heterocycles. The molecule has 0 amide bonds. The SMILES string of the molecule is O=C1OCc2cc(N3c4ccccc4-c4ccccc4Sc4ccccc4-c4ccccc43)ccc21. The van der Waals surface area contributed by atoms with Gasteiger partial charge in [0, 0.05) is 32.2 Å². The van der Waals surface area contributed by atoms with Crippen molar-refractivity contribution in [3.05, 3.63) is 126 Å². The summed E-state index contributed by atoms with van der Waals surface area (Å²) in [5.74, 6) is -0.252. The van der Waals surface area contributed by atoms with E-state index in [1.165, 1.54) is 20.9 Å². The zero-order valence-electron chi connectivity index (χ0n) is 19.3. The van der Waals surface area contributed by atoms with Crippen molar-refractivity contribution in [1.29, 1.82) is 0 Å². The number of rotatable bonds is 1. The van der Waals surface area contributed by atoms with Crippen molar-refractivity contribution in [3.8, 4) is 22.3 Å². The van der Waals surface area contributed by atoms with Gasteiger partial charge in [0.05, 0.1) is 16.9 Å². The maximum Gasteiger partial charge on any atom is 0.338 e. The molecule has 0 radical (unpaired) electrons. The minimum atomic E-state index is -0.252. The molecule has 36 heavy (non-hydrogen) atoms. The maximum absolute atomic E-state index is 12.2. The van der Waals surface area contributed by atoms with Gasteiger partial charge in [0.2, 0.25) is 0 Å². The Balaban J connectivity index is 1.58. The van der Waals surface area contributed by atoms with Crippen LogP contribution in [0.25, 0.3) is 22.3 Å². The number of fused-ring (bicyclic) bond motifs is 7. The first-order valence-electron chi connectivity index (χ1n) is 11.9. The molecule has 4 heteroatoms. The lowest BCUT2D eigenvalue weighted by atomic mass is 9.98. The van der Waals surface area contributed by atoms with Crippen LogP contribution in [-0.2, 0) is 11.3 Å². The monoisotopic (exact) mass is 483 g/mol. The molecule has 2 aliphatic heterocycles. The van der Waals surface area contributed by atoms with Crippen molar-refractivity contribution >= 4 is 34.8 Å². The fourth-order valence-electron chi connectivity index (χ4n) is 5.13. The first-order chi connectivity index (χ1) is 17.8. The highest BCUT2D eigenvalue weighted by atomic mass is 32.2. The van der Waals surface area contributed by atoms with Crippen LogP contribution in [0, 0.1) is 0 Å². The van der Waals surface area contributed by atoms with E-state index in [4.69, 9.17) is 4.74 Å². The first-order valence-corrected chi connectivity index (χ1v) is 12.7. The molecule has 0 N–H and O–H groups in total. The standard InChI is InChI=1S/C32H21NO2S/c34-32-23-18-17-22(19-21(23)20-35-32)33-28-13-5-1-9-24(28)26-11-3-7-15-30(26)36-31-16-8-4-12-27(31)25-10-2-6-14-29(25)33/h1-19H,20H2. The van der Waals surface area contributed by atoms with Gasteiger partial charge in [-0.05, 0) is 53.6 Å². The fraction of sp³-hybridized carbons (Fsp3) is 0.0312. The molecule has 0 unspecified atom stereocenters. The number of carbonyl (C=O) groups is 1. The van der Waals surface area contributed by atoms with Crippen molar-refractivity contribution in [1.82, 2.24) is 0 Å². The second-order valence-electron chi connectivity index (χ2n) is 8.88. The quantitative estimate of drug-likeness (QED) is 0.219. The van der Waals surface area contributed by atoms with Crippen LogP contribution in [0.3, 0.4) is 0 Å². The third kappa shape index (κ3) is 3.34. The van der Waals surface area contributed by atoms with E-state index in [2.05, 4.69) is 108 Å². The third-order valence-corrected chi connectivity index (χ3v) is 7.94. The van der Waals surface area contributed by atoms with Crippen molar-refractivity contribution in [2.45, 2.75) is 16.4 Å². The van der Waals surface area contributed by atoms with Crippen molar-refractivity contribution < 1.29 is 9.53 Å². The molecule has 0 aliphatic carbocycles. The normalized spacial score (nSPS) is 13.6. The Morgan fingerprint density at radius 1 is 0.583 bits per heavy atom. The summed E-state index contributed by atoms with van der Waals surface area (Å²) >= 11 is 1.81. The molecule has 0 saturated heterocycles. The molecule has 3 nitrogen and oxygen atoms in total. The van der Waals surface area contributed by atoms with Crippen LogP contribution in [0.4, 0.5) is 17.1 Å². The topological polar surface area (TPSA) is 29.5 Å². The van der Waals surface area contributed by atoms with Crippen molar-refractivity contribution in [2.24, 2.45) is 0 Å². The Kier molecular flexibility index (Phi) is 4.93. The zero-order valence-corrected chi connectivity index (χ0v) is 20.2. The Labute approximate surface area is 214 Å². The second-order valence-corrected chi connectivity index (χ2v) is 9.97. The van der Waals surface area contributed by atoms with E-state index >= 15 is 0 Å². The summed E-state index contributed by atoms with van der Waals surface area (Å²) in [6.45, 7) is 0.307. The molecule has 0 fully saturated rings. The zero-order chi connectivity index (χ0) is 24.1. The van der Waals surface area contributed by atoms with Gasteiger partial charge in [-0.2, -0.15) is 0 Å². The van der Waals surface area contributed by atoms with Crippen LogP contribution < -0.4 is 4.90 Å². The summed E-state index contributed by atoms with van der Waals surface area (Å²) in [5.41, 5.74) is 9.42. The van der Waals surface area contributed by atoms with E-state index in [1.54, 1.807) is 0 Å². The van der Waals surface area contributed by atoms with E-state index in [1.807, 2.05) is 23.9 Å². The van der Waals surface area contributed by atoms with Gasteiger partial charge in [0.1, 0.15) is 6.61 Å². The number of hydrogen-bond acceptors (Lipinski definition) is 4. The van der Waals surface area contributed by atoms with Crippen LogP contribution >= 0.6 is 11.8 Å². The highest BCUT2D eigenvalue weighted by molar-refractivity contribution is 7.99. The summed E-state index contributed by atoms with van der Waals surface area (Å²) in [7, 11) is 0. The van der Waals surface area contributed by atoms with Crippen LogP contribution in [0.1, 0.15) is 15.9 Å². The molecule has 172 valence electrons. The Morgan fingerprint density at radius 2 is 1.11 bits per heavy atom. The van der Waals surface area contributed by atoms with Crippen LogP contribution in [0.5, 0.6) is 0 Å². The number of benzene rings is 5. The number of anilines is 3. The highest BCUT2D eigenvalue weighted by Gasteiger charge is 2.27. The molecular formula is C32H21NO2S. The number of para-hydroxylation sites is 2. The smallest absolute Gasteiger partial charge is 0.338 e. The van der Waals surface area contributed by atoms with Gasteiger partial charge in [-0.3, -0.25) is 0 Å². The Bertz CT molecular complexity index is 1570. The molecule has 0 bridgehead atoms. The second kappa shape index (κ2) is 8.43. The van der Waals surface area contributed by atoms with Gasteiger partial charge < -0.3 is 9.64 Å². The number of ether oxygens (including phenoxy) is 1. The average molecular weight is 484 g/mol. The van der Waals surface area contributed by atoms with Crippen molar-refractivity contribution in [2.75, 3.05) is 4.90 Å². The van der Waals surface area contributed by atoms with E-state index in [0.29, 0.717) is 12.2 Å². The van der Waals surface area contributed by atoms with Crippen LogP contribution in [-0.4, -0.2) is 5.97 Å². The van der Waals surface area contributed by atoms with E-state index < -0.39 is 0 Å². The van der Waals surface area contributed by atoms with Gasteiger partial charge in [-0.15, -0.1) is 0 Å². The molecule has 5 aromatic rings. The third-order valence-electron chi connectivity index (χ3n) is 6.79. The number of cyclic esters (lactones) is 1. The predicted molar refractivity (Wildman–Crippen MR) is 145 cm³/mol. The first kappa shape index (κ1) is 21.0.